The Morgan fingerprint density at radius 2 is 1.50 bits per heavy atom. The van der Waals surface area contributed by atoms with Crippen LogP contribution in [0, 0.1) is 10.1 Å². The second kappa shape index (κ2) is 9.36. The molecule has 0 atom stereocenters. The van der Waals surface area contributed by atoms with Crippen molar-refractivity contribution >= 4 is 33.8 Å². The van der Waals surface area contributed by atoms with Gasteiger partial charge in [0.15, 0.2) is 0 Å². The van der Waals surface area contributed by atoms with Crippen LogP contribution in [0.1, 0.15) is 5.56 Å². The molecule has 0 aliphatic heterocycles. The number of non-ortho nitro benzene ring substituents is 1. The Kier molecular flexibility index (Phi) is 6.18. The van der Waals surface area contributed by atoms with Crippen molar-refractivity contribution in [1.29, 1.82) is 0 Å². The van der Waals surface area contributed by atoms with E-state index in [4.69, 9.17) is 0 Å². The molecule has 0 amide bonds. The molecule has 4 aromatic rings. The number of nitro groups is 1. The highest BCUT2D eigenvalue weighted by Gasteiger charge is 2.14. The highest BCUT2D eigenvalue weighted by atomic mass is 79.9. The van der Waals surface area contributed by atoms with Gasteiger partial charge in [-0.3, -0.25) is 10.1 Å². The van der Waals surface area contributed by atoms with Crippen LogP contribution in [0.25, 0.3) is 22.5 Å². The van der Waals surface area contributed by atoms with Crippen molar-refractivity contribution in [2.24, 2.45) is 5.10 Å². The first kappa shape index (κ1) is 21.1. The minimum absolute atomic E-state index is 0.162. The fraction of sp³-hybridized carbons (Fsp3) is 0. The molecule has 0 aliphatic rings. The monoisotopic (exact) mass is 489 g/mol. The Bertz CT molecular complexity index is 1240. The number of nitro benzene ring substituents is 1. The number of halogens is 1. The Balaban J connectivity index is 1.69. The van der Waals surface area contributed by atoms with E-state index in [1.165, 1.54) is 18.3 Å². The summed E-state index contributed by atoms with van der Waals surface area (Å²) in [5.41, 5.74) is 6.00. The van der Waals surface area contributed by atoms with E-state index >= 15 is 0 Å². The number of hydrogen-bond acceptors (Lipinski definition) is 7. The maximum Gasteiger partial charge on any atom is 0.271 e. The van der Waals surface area contributed by atoms with Gasteiger partial charge in [-0.1, -0.05) is 60.7 Å². The number of hydrazone groups is 1. The number of rotatable bonds is 6. The van der Waals surface area contributed by atoms with Gasteiger partial charge < -0.3 is 5.11 Å². The van der Waals surface area contributed by atoms with Gasteiger partial charge in [-0.15, -0.1) is 0 Å². The van der Waals surface area contributed by atoms with E-state index in [2.05, 4.69) is 36.4 Å². The molecular weight excluding hydrogens is 474 g/mol. The first-order chi connectivity index (χ1) is 15.5. The predicted molar refractivity (Wildman–Crippen MR) is 127 cm³/mol. The highest BCUT2D eigenvalue weighted by molar-refractivity contribution is 9.10. The first-order valence-electron chi connectivity index (χ1n) is 9.47. The largest absolute Gasteiger partial charge is 0.506 e. The summed E-state index contributed by atoms with van der Waals surface area (Å²) in [7, 11) is 0. The van der Waals surface area contributed by atoms with Crippen LogP contribution in [-0.4, -0.2) is 26.2 Å². The SMILES string of the molecule is O=[N+]([O-])c1cc(Br)c(O)c(/C=N/Nc2nc(-c3ccccc3)cc(-c3ccccc3)n2)c1. The molecule has 0 aliphatic carbocycles. The fourth-order valence-corrected chi connectivity index (χ4v) is 3.44. The second-order valence-corrected chi connectivity index (χ2v) is 7.54. The third-order valence-corrected chi connectivity index (χ3v) is 5.13. The zero-order valence-electron chi connectivity index (χ0n) is 16.5. The molecule has 1 aromatic heterocycles. The van der Waals surface area contributed by atoms with Crippen LogP contribution in [0.5, 0.6) is 5.75 Å². The molecule has 0 spiro atoms. The standard InChI is InChI=1S/C23H16BrN5O3/c24-19-12-18(29(31)32)11-17(22(19)30)14-25-28-23-26-20(15-7-3-1-4-8-15)13-21(27-23)16-9-5-2-6-10-16/h1-14,30H,(H,26,27,28)/b25-14+. The van der Waals surface area contributed by atoms with Crippen molar-refractivity contribution < 1.29 is 10.0 Å². The van der Waals surface area contributed by atoms with E-state index in [9.17, 15) is 15.2 Å². The summed E-state index contributed by atoms with van der Waals surface area (Å²) in [6.07, 6.45) is 1.27. The number of aromatic hydroxyl groups is 1. The predicted octanol–water partition coefficient (Wildman–Crippen LogP) is 5.63. The molecule has 0 fully saturated rings. The van der Waals surface area contributed by atoms with Crippen molar-refractivity contribution in [3.05, 3.63) is 99.0 Å². The van der Waals surface area contributed by atoms with Crippen LogP contribution in [0.2, 0.25) is 0 Å². The van der Waals surface area contributed by atoms with Crippen molar-refractivity contribution in [1.82, 2.24) is 9.97 Å². The average Bonchev–Trinajstić information content (AvgIpc) is 2.82. The van der Waals surface area contributed by atoms with Crippen molar-refractivity contribution in [2.75, 3.05) is 5.43 Å². The van der Waals surface area contributed by atoms with Crippen molar-refractivity contribution in [2.45, 2.75) is 0 Å². The van der Waals surface area contributed by atoms with Gasteiger partial charge in [0.25, 0.3) is 5.69 Å². The molecule has 32 heavy (non-hydrogen) atoms. The Morgan fingerprint density at radius 1 is 0.938 bits per heavy atom. The minimum atomic E-state index is -0.548. The summed E-state index contributed by atoms with van der Waals surface area (Å²) in [5, 5.41) is 25.3. The highest BCUT2D eigenvalue weighted by Crippen LogP contribution is 2.31. The number of anilines is 1. The van der Waals surface area contributed by atoms with E-state index in [-0.39, 0.29) is 27.4 Å². The van der Waals surface area contributed by atoms with Gasteiger partial charge in [0.05, 0.1) is 27.0 Å². The molecule has 0 radical (unpaired) electrons. The molecule has 4 rings (SSSR count). The summed E-state index contributed by atoms with van der Waals surface area (Å²) in [5.74, 6) is 0.0792. The summed E-state index contributed by atoms with van der Waals surface area (Å²) < 4.78 is 0.196. The van der Waals surface area contributed by atoms with E-state index in [1.807, 2.05) is 66.7 Å². The minimum Gasteiger partial charge on any atom is -0.506 e. The molecule has 0 saturated heterocycles. The quantitative estimate of drug-likeness (QED) is 0.206. The number of nitrogens with zero attached hydrogens (tertiary/aromatic N) is 4. The number of phenols is 1. The number of nitrogens with one attached hydrogen (secondary N) is 1. The lowest BCUT2D eigenvalue weighted by Gasteiger charge is -2.08. The van der Waals surface area contributed by atoms with Gasteiger partial charge >= 0.3 is 0 Å². The third kappa shape index (κ3) is 4.79. The van der Waals surface area contributed by atoms with Crippen LogP contribution in [0.3, 0.4) is 0 Å². The normalized spacial score (nSPS) is 10.9. The van der Waals surface area contributed by atoms with Crippen LogP contribution < -0.4 is 5.43 Å². The van der Waals surface area contributed by atoms with Gasteiger partial charge in [0.1, 0.15) is 5.75 Å². The fourth-order valence-electron chi connectivity index (χ4n) is 2.98. The number of aromatic nitrogens is 2. The van der Waals surface area contributed by atoms with Gasteiger partial charge in [-0.2, -0.15) is 5.10 Å². The van der Waals surface area contributed by atoms with Crippen LogP contribution in [0.4, 0.5) is 11.6 Å². The number of phenolic OH excluding ortho intramolecular Hbond substituents is 1. The summed E-state index contributed by atoms with van der Waals surface area (Å²) in [4.78, 5) is 19.6. The lowest BCUT2D eigenvalue weighted by molar-refractivity contribution is -0.385. The number of benzene rings is 3. The molecule has 0 bridgehead atoms. The van der Waals surface area contributed by atoms with Crippen LogP contribution in [-0.2, 0) is 0 Å². The Hall–Kier alpha value is -4.11. The number of hydrogen-bond donors (Lipinski definition) is 2. The van der Waals surface area contributed by atoms with Gasteiger partial charge in [0.2, 0.25) is 5.95 Å². The molecule has 9 heteroatoms. The van der Waals surface area contributed by atoms with Gasteiger partial charge in [-0.05, 0) is 22.0 Å². The van der Waals surface area contributed by atoms with Crippen molar-refractivity contribution in [3.63, 3.8) is 0 Å². The first-order valence-corrected chi connectivity index (χ1v) is 10.3. The lowest BCUT2D eigenvalue weighted by atomic mass is 10.1. The van der Waals surface area contributed by atoms with E-state index in [1.54, 1.807) is 0 Å². The maximum atomic E-state index is 11.1. The molecule has 3 aromatic carbocycles. The smallest absolute Gasteiger partial charge is 0.271 e. The van der Waals surface area contributed by atoms with Gasteiger partial charge in [-0.25, -0.2) is 15.4 Å². The van der Waals surface area contributed by atoms with Gasteiger partial charge in [0, 0.05) is 28.8 Å². The van der Waals surface area contributed by atoms with E-state index in [0.29, 0.717) is 11.4 Å². The topological polar surface area (TPSA) is 114 Å². The summed E-state index contributed by atoms with van der Waals surface area (Å²) in [6, 6.07) is 23.7. The zero-order valence-corrected chi connectivity index (χ0v) is 18.1. The summed E-state index contributed by atoms with van der Waals surface area (Å²) in [6.45, 7) is 0. The third-order valence-electron chi connectivity index (χ3n) is 4.52. The van der Waals surface area contributed by atoms with Crippen molar-refractivity contribution in [3.8, 4) is 28.3 Å². The second-order valence-electron chi connectivity index (χ2n) is 6.69. The molecule has 1 heterocycles. The van der Waals surface area contributed by atoms with Crippen LogP contribution >= 0.6 is 15.9 Å². The molecular formula is C23H16BrN5O3. The zero-order chi connectivity index (χ0) is 22.5. The molecule has 0 saturated carbocycles. The lowest BCUT2D eigenvalue weighted by Crippen LogP contribution is -2.00. The maximum absolute atomic E-state index is 11.1. The molecule has 158 valence electrons. The summed E-state index contributed by atoms with van der Waals surface area (Å²) >= 11 is 3.11. The van der Waals surface area contributed by atoms with Crippen LogP contribution in [0.15, 0.2) is 88.4 Å². The molecule has 0 unspecified atom stereocenters. The Morgan fingerprint density at radius 3 is 2.03 bits per heavy atom. The Labute approximate surface area is 191 Å². The van der Waals surface area contributed by atoms with E-state index in [0.717, 1.165) is 11.1 Å². The molecule has 2 N–H and O–H groups in total. The molecule has 8 nitrogen and oxygen atoms in total. The van der Waals surface area contributed by atoms with E-state index < -0.39 is 4.92 Å². The average molecular weight is 490 g/mol.